The lowest BCUT2D eigenvalue weighted by Gasteiger charge is -2.14. The van der Waals surface area contributed by atoms with Gasteiger partial charge in [0.2, 0.25) is 0 Å². The molecule has 3 heterocycles. The van der Waals surface area contributed by atoms with Crippen LogP contribution >= 0.6 is 0 Å². The summed E-state index contributed by atoms with van der Waals surface area (Å²) in [6.07, 6.45) is 0. The maximum atomic E-state index is 5.46. The molecule has 58 heavy (non-hydrogen) atoms. The third-order valence-corrected chi connectivity index (χ3v) is 11.7. The van der Waals surface area contributed by atoms with Gasteiger partial charge in [-0.2, -0.15) is 0 Å². The SMILES string of the molecule is c1ccc(-c2ccc(-c3nc4ccccc4nc3-n3c4cccc(-c5ccc6c(c5)c5ccccc5n6-c5ccccc5)c4c4c5ccccc5ccc43)cc2)cc1. The van der Waals surface area contributed by atoms with E-state index in [0.717, 1.165) is 50.4 Å². The lowest BCUT2D eigenvalue weighted by molar-refractivity contribution is 1.08. The summed E-state index contributed by atoms with van der Waals surface area (Å²) in [5, 5.41) is 7.27. The summed E-state index contributed by atoms with van der Waals surface area (Å²) in [6, 6.07) is 73.7. The van der Waals surface area contributed by atoms with Crippen LogP contribution in [0.3, 0.4) is 0 Å². The van der Waals surface area contributed by atoms with E-state index in [1.54, 1.807) is 0 Å². The van der Waals surface area contributed by atoms with E-state index in [-0.39, 0.29) is 0 Å². The first kappa shape index (κ1) is 32.4. The summed E-state index contributed by atoms with van der Waals surface area (Å²) in [5.41, 5.74) is 14.0. The Bertz CT molecular complexity index is 3540. The van der Waals surface area contributed by atoms with Crippen LogP contribution in [0.4, 0.5) is 0 Å². The molecular weight excluding hydrogens is 705 g/mol. The van der Waals surface area contributed by atoms with Gasteiger partial charge in [0.25, 0.3) is 0 Å². The number of para-hydroxylation sites is 4. The van der Waals surface area contributed by atoms with Crippen LogP contribution in [0.5, 0.6) is 0 Å². The van der Waals surface area contributed by atoms with Gasteiger partial charge in [0, 0.05) is 32.8 Å². The minimum Gasteiger partial charge on any atom is -0.309 e. The van der Waals surface area contributed by atoms with E-state index < -0.39 is 0 Å². The van der Waals surface area contributed by atoms with Gasteiger partial charge in [0.15, 0.2) is 5.82 Å². The lowest BCUT2D eigenvalue weighted by Crippen LogP contribution is -2.03. The van der Waals surface area contributed by atoms with Crippen molar-refractivity contribution >= 4 is 65.4 Å². The fourth-order valence-electron chi connectivity index (χ4n) is 9.08. The summed E-state index contributed by atoms with van der Waals surface area (Å²) in [5.74, 6) is 0.806. The second kappa shape index (κ2) is 12.9. The van der Waals surface area contributed by atoms with Crippen LogP contribution < -0.4 is 0 Å². The average molecular weight is 739 g/mol. The number of hydrogen-bond donors (Lipinski definition) is 0. The number of aromatic nitrogens is 4. The van der Waals surface area contributed by atoms with Gasteiger partial charge in [-0.15, -0.1) is 0 Å². The number of nitrogens with zero attached hydrogens (tertiary/aromatic N) is 4. The van der Waals surface area contributed by atoms with Crippen LogP contribution in [0.25, 0.3) is 110 Å². The van der Waals surface area contributed by atoms with Crippen LogP contribution in [0, 0.1) is 0 Å². The standard InChI is InChI=1S/C54H34N4/c1-3-14-35(15-4-1)36-26-28-38(29-27-36)53-54(56-46-23-11-10-22-45(46)55-53)58-49-25-13-21-42(52(49)51-41-19-8-7-16-37(41)30-33-50(51)58)39-31-32-48-44(34-39)43-20-9-12-24-47(43)57(48)40-17-5-2-6-18-40/h1-34H. The molecule has 4 nitrogen and oxygen atoms in total. The van der Waals surface area contributed by atoms with Crippen LogP contribution in [0.15, 0.2) is 206 Å². The molecule has 3 aromatic heterocycles. The van der Waals surface area contributed by atoms with Gasteiger partial charge in [-0.25, -0.2) is 9.97 Å². The number of benzene rings is 9. The van der Waals surface area contributed by atoms with E-state index in [1.807, 2.05) is 12.1 Å². The minimum atomic E-state index is 0.806. The van der Waals surface area contributed by atoms with E-state index in [0.29, 0.717) is 0 Å². The highest BCUT2D eigenvalue weighted by Crippen LogP contribution is 2.44. The molecule has 0 atom stereocenters. The van der Waals surface area contributed by atoms with Gasteiger partial charge in [0.1, 0.15) is 5.69 Å². The van der Waals surface area contributed by atoms with Crippen molar-refractivity contribution in [1.82, 2.24) is 19.1 Å². The molecule has 0 N–H and O–H groups in total. The Labute approximate surface area is 334 Å². The number of fused-ring (bicyclic) bond motifs is 9. The molecular formula is C54H34N4. The highest BCUT2D eigenvalue weighted by atomic mass is 15.1. The molecule has 0 spiro atoms. The zero-order chi connectivity index (χ0) is 38.2. The first-order valence-electron chi connectivity index (χ1n) is 19.8. The van der Waals surface area contributed by atoms with Gasteiger partial charge >= 0.3 is 0 Å². The van der Waals surface area contributed by atoms with Crippen molar-refractivity contribution in [2.75, 3.05) is 0 Å². The molecule has 0 radical (unpaired) electrons. The van der Waals surface area contributed by atoms with Gasteiger partial charge in [-0.1, -0.05) is 152 Å². The van der Waals surface area contributed by atoms with Crippen molar-refractivity contribution < 1.29 is 0 Å². The summed E-state index contributed by atoms with van der Waals surface area (Å²) >= 11 is 0. The van der Waals surface area contributed by atoms with Crippen LogP contribution in [0.1, 0.15) is 0 Å². The number of rotatable bonds is 5. The fraction of sp³-hybridized carbons (Fsp3) is 0. The van der Waals surface area contributed by atoms with E-state index in [2.05, 4.69) is 203 Å². The minimum absolute atomic E-state index is 0.806. The average Bonchev–Trinajstić information content (AvgIpc) is 3.82. The predicted molar refractivity (Wildman–Crippen MR) is 242 cm³/mol. The zero-order valence-corrected chi connectivity index (χ0v) is 31.4. The molecule has 0 saturated carbocycles. The summed E-state index contributed by atoms with van der Waals surface area (Å²) < 4.78 is 4.72. The Hall–Kier alpha value is -7.82. The third kappa shape index (κ3) is 4.95. The molecule has 12 rings (SSSR count). The molecule has 0 aliphatic carbocycles. The molecule has 0 amide bonds. The van der Waals surface area contributed by atoms with E-state index in [4.69, 9.17) is 9.97 Å². The van der Waals surface area contributed by atoms with Gasteiger partial charge in [0.05, 0.1) is 33.1 Å². The topological polar surface area (TPSA) is 35.6 Å². The van der Waals surface area contributed by atoms with Crippen molar-refractivity contribution in [3.63, 3.8) is 0 Å². The molecule has 270 valence electrons. The van der Waals surface area contributed by atoms with Gasteiger partial charge in [-0.3, -0.25) is 4.57 Å². The molecule has 9 aromatic carbocycles. The second-order valence-corrected chi connectivity index (χ2v) is 15.0. The largest absolute Gasteiger partial charge is 0.309 e. The normalized spacial score (nSPS) is 11.8. The van der Waals surface area contributed by atoms with Crippen LogP contribution in [0.2, 0.25) is 0 Å². The smallest absolute Gasteiger partial charge is 0.165 e. The molecule has 4 heteroatoms. The maximum Gasteiger partial charge on any atom is 0.165 e. The molecule has 12 aromatic rings. The van der Waals surface area contributed by atoms with Crippen molar-refractivity contribution in [1.29, 1.82) is 0 Å². The maximum absolute atomic E-state index is 5.46. The van der Waals surface area contributed by atoms with Gasteiger partial charge in [-0.05, 0) is 87.6 Å². The van der Waals surface area contributed by atoms with Crippen LogP contribution in [-0.4, -0.2) is 19.1 Å². The third-order valence-electron chi connectivity index (χ3n) is 11.7. The number of hydrogen-bond acceptors (Lipinski definition) is 2. The Morgan fingerprint density at radius 3 is 1.74 bits per heavy atom. The highest BCUT2D eigenvalue weighted by molar-refractivity contribution is 6.25. The van der Waals surface area contributed by atoms with E-state index >= 15 is 0 Å². The first-order valence-corrected chi connectivity index (χ1v) is 19.8. The molecule has 0 aliphatic rings. The lowest BCUT2D eigenvalue weighted by atomic mass is 9.96. The van der Waals surface area contributed by atoms with Crippen molar-refractivity contribution in [2.45, 2.75) is 0 Å². The molecule has 0 bridgehead atoms. The molecule has 0 unspecified atom stereocenters. The fourth-order valence-corrected chi connectivity index (χ4v) is 9.08. The molecule has 0 fully saturated rings. The van der Waals surface area contributed by atoms with Crippen molar-refractivity contribution in [3.05, 3.63) is 206 Å². The monoisotopic (exact) mass is 738 g/mol. The second-order valence-electron chi connectivity index (χ2n) is 15.0. The summed E-state index contributed by atoms with van der Waals surface area (Å²) in [6.45, 7) is 0. The van der Waals surface area contributed by atoms with E-state index in [9.17, 15) is 0 Å². The van der Waals surface area contributed by atoms with Crippen LogP contribution in [-0.2, 0) is 0 Å². The van der Waals surface area contributed by atoms with Crippen molar-refractivity contribution in [2.24, 2.45) is 0 Å². The molecule has 0 aliphatic heterocycles. The predicted octanol–water partition coefficient (Wildman–Crippen LogP) is 14.0. The molecule has 0 saturated heterocycles. The summed E-state index contributed by atoms with van der Waals surface area (Å²) in [4.78, 5) is 10.8. The Kier molecular flexibility index (Phi) is 7.20. The van der Waals surface area contributed by atoms with Crippen molar-refractivity contribution in [3.8, 4) is 45.0 Å². The van der Waals surface area contributed by atoms with E-state index in [1.165, 1.54) is 60.0 Å². The summed E-state index contributed by atoms with van der Waals surface area (Å²) in [7, 11) is 0. The Morgan fingerprint density at radius 2 is 0.914 bits per heavy atom. The first-order chi connectivity index (χ1) is 28.8. The highest BCUT2D eigenvalue weighted by Gasteiger charge is 2.23. The Balaban J connectivity index is 1.15. The quantitative estimate of drug-likeness (QED) is 0.176. The van der Waals surface area contributed by atoms with Gasteiger partial charge < -0.3 is 4.57 Å². The zero-order valence-electron chi connectivity index (χ0n) is 31.4. The Morgan fingerprint density at radius 1 is 0.328 bits per heavy atom.